The number of sulfonamides is 1. The number of carbonyl (C=O) groups excluding carboxylic acids is 3. The molecule has 192 valence electrons. The molecule has 1 N–H and O–H groups in total. The highest BCUT2D eigenvalue weighted by molar-refractivity contribution is 7.88. The molecule has 2 aromatic carbocycles. The number of ether oxygens (including phenoxy) is 2. The third kappa shape index (κ3) is 4.61. The van der Waals surface area contributed by atoms with Crippen LogP contribution in [0.15, 0.2) is 48.5 Å². The van der Waals surface area contributed by atoms with Crippen LogP contribution in [-0.2, 0) is 25.2 Å². The van der Waals surface area contributed by atoms with E-state index in [2.05, 4.69) is 5.32 Å². The Balaban J connectivity index is 1.62. The van der Waals surface area contributed by atoms with E-state index in [1.54, 1.807) is 48.5 Å². The van der Waals surface area contributed by atoms with Gasteiger partial charge >= 0.3 is 6.03 Å². The second-order valence-electron chi connectivity index (χ2n) is 8.57. The summed E-state index contributed by atoms with van der Waals surface area (Å²) >= 11 is 0. The van der Waals surface area contributed by atoms with E-state index in [9.17, 15) is 22.8 Å². The first kappa shape index (κ1) is 25.5. The fourth-order valence-electron chi connectivity index (χ4n) is 4.46. The molecule has 0 atom stereocenters. The van der Waals surface area contributed by atoms with E-state index in [4.69, 9.17) is 9.47 Å². The van der Waals surface area contributed by atoms with Crippen molar-refractivity contribution in [3.8, 4) is 11.5 Å². The topological polar surface area (TPSA) is 126 Å². The molecule has 0 spiro atoms. The lowest BCUT2D eigenvalue weighted by molar-refractivity contribution is -0.139. The minimum Gasteiger partial charge on any atom is -0.497 e. The molecule has 2 aromatic rings. The number of amides is 4. The summed E-state index contributed by atoms with van der Waals surface area (Å²) in [6, 6.07) is 12.8. The SMILES string of the molecule is COc1ccc(C2(c3ccc(OC)cc3)NC(=O)N(CC(=O)N3CCN(S(C)(=O)=O)CC3)C2=O)cc1. The Bertz CT molecular complexity index is 1210. The Hall–Kier alpha value is -3.64. The van der Waals surface area contributed by atoms with Gasteiger partial charge < -0.3 is 19.7 Å². The predicted octanol–water partition coefficient (Wildman–Crippen LogP) is 0.603. The number of hydrogen-bond donors (Lipinski definition) is 1. The van der Waals surface area contributed by atoms with Gasteiger partial charge in [-0.15, -0.1) is 0 Å². The van der Waals surface area contributed by atoms with E-state index >= 15 is 0 Å². The van der Waals surface area contributed by atoms with Crippen LogP contribution in [0.2, 0.25) is 0 Å². The van der Waals surface area contributed by atoms with Crippen molar-refractivity contribution in [3.05, 3.63) is 59.7 Å². The lowest BCUT2D eigenvalue weighted by Crippen LogP contribution is -2.53. The minimum absolute atomic E-state index is 0.159. The van der Waals surface area contributed by atoms with Crippen LogP contribution in [-0.4, -0.2) is 93.6 Å². The first-order valence-electron chi connectivity index (χ1n) is 11.3. The molecule has 0 bridgehead atoms. The highest BCUT2D eigenvalue weighted by Gasteiger charge is 2.54. The number of nitrogens with zero attached hydrogens (tertiary/aromatic N) is 3. The van der Waals surface area contributed by atoms with Gasteiger partial charge in [0.2, 0.25) is 15.9 Å². The molecule has 0 radical (unpaired) electrons. The number of benzene rings is 2. The number of carbonyl (C=O) groups is 3. The van der Waals surface area contributed by atoms with Crippen molar-refractivity contribution < 1.29 is 32.3 Å². The van der Waals surface area contributed by atoms with E-state index in [1.807, 2.05) is 0 Å². The van der Waals surface area contributed by atoms with Crippen molar-refractivity contribution in [2.45, 2.75) is 5.54 Å². The van der Waals surface area contributed by atoms with Crippen LogP contribution in [0, 0.1) is 0 Å². The number of methoxy groups -OCH3 is 2. The zero-order valence-electron chi connectivity index (χ0n) is 20.3. The standard InChI is InChI=1S/C24H28N4O7S/c1-34-19-8-4-17(5-9-19)24(18-6-10-20(35-2)11-7-18)22(30)28(23(31)25-24)16-21(29)26-12-14-27(15-13-26)36(3,32)33/h4-11H,12-16H2,1-3H3,(H,25,31). The summed E-state index contributed by atoms with van der Waals surface area (Å²) in [5, 5.41) is 2.81. The number of piperazine rings is 1. The van der Waals surface area contributed by atoms with Crippen LogP contribution in [0.1, 0.15) is 11.1 Å². The summed E-state index contributed by atoms with van der Waals surface area (Å²) in [4.78, 5) is 42.3. The first-order chi connectivity index (χ1) is 17.1. The van der Waals surface area contributed by atoms with Crippen LogP contribution in [0.25, 0.3) is 0 Å². The fraction of sp³-hybridized carbons (Fsp3) is 0.375. The molecule has 0 aromatic heterocycles. The molecule has 2 fully saturated rings. The van der Waals surface area contributed by atoms with Crippen molar-refractivity contribution >= 4 is 27.9 Å². The molecule has 2 saturated heterocycles. The van der Waals surface area contributed by atoms with E-state index in [1.165, 1.54) is 23.4 Å². The zero-order valence-corrected chi connectivity index (χ0v) is 21.1. The Kier molecular flexibility index (Phi) is 6.92. The first-order valence-corrected chi connectivity index (χ1v) is 13.1. The van der Waals surface area contributed by atoms with Gasteiger partial charge in [-0.05, 0) is 35.4 Å². The second-order valence-corrected chi connectivity index (χ2v) is 10.6. The Morgan fingerprint density at radius 3 is 1.78 bits per heavy atom. The molecular weight excluding hydrogens is 488 g/mol. The lowest BCUT2D eigenvalue weighted by Gasteiger charge is -2.34. The number of hydrogen-bond acceptors (Lipinski definition) is 7. The highest BCUT2D eigenvalue weighted by atomic mass is 32.2. The maximum Gasteiger partial charge on any atom is 0.326 e. The molecule has 0 saturated carbocycles. The molecule has 0 aliphatic carbocycles. The summed E-state index contributed by atoms with van der Waals surface area (Å²) in [6.07, 6.45) is 1.12. The predicted molar refractivity (Wildman–Crippen MR) is 130 cm³/mol. The Labute approximate surface area is 209 Å². The van der Waals surface area contributed by atoms with Gasteiger partial charge in [0.1, 0.15) is 18.0 Å². The maximum absolute atomic E-state index is 13.9. The Morgan fingerprint density at radius 1 is 0.889 bits per heavy atom. The van der Waals surface area contributed by atoms with E-state index in [0.29, 0.717) is 22.6 Å². The van der Waals surface area contributed by atoms with E-state index in [0.717, 1.165) is 11.2 Å². The zero-order chi connectivity index (χ0) is 26.1. The van der Waals surface area contributed by atoms with Crippen LogP contribution in [0.5, 0.6) is 11.5 Å². The summed E-state index contributed by atoms with van der Waals surface area (Å²) in [6.45, 7) is 0.214. The van der Waals surface area contributed by atoms with Crippen LogP contribution in [0.4, 0.5) is 4.79 Å². The number of nitrogens with one attached hydrogen (secondary N) is 1. The third-order valence-electron chi connectivity index (χ3n) is 6.51. The van der Waals surface area contributed by atoms with Gasteiger partial charge in [-0.3, -0.25) is 14.5 Å². The smallest absolute Gasteiger partial charge is 0.326 e. The molecule has 0 unspecified atom stereocenters. The average molecular weight is 517 g/mol. The number of rotatable bonds is 7. The van der Waals surface area contributed by atoms with E-state index < -0.39 is 40.0 Å². The highest BCUT2D eigenvalue weighted by Crippen LogP contribution is 2.37. The normalized spacial score (nSPS) is 18.2. The molecule has 4 rings (SSSR count). The van der Waals surface area contributed by atoms with Crippen molar-refractivity contribution in [2.24, 2.45) is 0 Å². The van der Waals surface area contributed by atoms with Crippen LogP contribution in [0.3, 0.4) is 0 Å². The number of urea groups is 1. The molecule has 36 heavy (non-hydrogen) atoms. The van der Waals surface area contributed by atoms with Crippen molar-refractivity contribution in [3.63, 3.8) is 0 Å². The Morgan fingerprint density at radius 2 is 1.36 bits per heavy atom. The summed E-state index contributed by atoms with van der Waals surface area (Å²) in [5.74, 6) is 0.138. The minimum atomic E-state index is -3.35. The molecule has 2 aliphatic heterocycles. The maximum atomic E-state index is 13.9. The quantitative estimate of drug-likeness (QED) is 0.535. The van der Waals surface area contributed by atoms with Gasteiger partial charge in [-0.1, -0.05) is 24.3 Å². The molecule has 2 aliphatic rings. The molecule has 12 heteroatoms. The van der Waals surface area contributed by atoms with E-state index in [-0.39, 0.29) is 26.2 Å². The summed E-state index contributed by atoms with van der Waals surface area (Å²) in [5.41, 5.74) is -0.544. The monoisotopic (exact) mass is 516 g/mol. The molecule has 11 nitrogen and oxygen atoms in total. The van der Waals surface area contributed by atoms with Crippen molar-refractivity contribution in [1.82, 2.24) is 19.4 Å². The second kappa shape index (κ2) is 9.78. The van der Waals surface area contributed by atoms with Gasteiger partial charge in [0.05, 0.1) is 20.5 Å². The largest absolute Gasteiger partial charge is 0.497 e. The number of imide groups is 1. The van der Waals surface area contributed by atoms with Gasteiger partial charge in [0.15, 0.2) is 5.54 Å². The van der Waals surface area contributed by atoms with Gasteiger partial charge in [-0.2, -0.15) is 4.31 Å². The fourth-order valence-corrected chi connectivity index (χ4v) is 5.29. The van der Waals surface area contributed by atoms with Crippen molar-refractivity contribution in [2.75, 3.05) is 53.2 Å². The van der Waals surface area contributed by atoms with Gasteiger partial charge in [0.25, 0.3) is 5.91 Å². The third-order valence-corrected chi connectivity index (χ3v) is 7.81. The summed E-state index contributed by atoms with van der Waals surface area (Å²) < 4.78 is 35.2. The van der Waals surface area contributed by atoms with Crippen LogP contribution >= 0.6 is 0 Å². The van der Waals surface area contributed by atoms with Gasteiger partial charge in [0, 0.05) is 26.2 Å². The molecular formula is C24H28N4O7S. The lowest BCUT2D eigenvalue weighted by atomic mass is 9.82. The average Bonchev–Trinajstić information content (AvgIpc) is 3.14. The van der Waals surface area contributed by atoms with Crippen molar-refractivity contribution in [1.29, 1.82) is 0 Å². The molecule has 4 amide bonds. The van der Waals surface area contributed by atoms with Crippen LogP contribution < -0.4 is 14.8 Å². The van der Waals surface area contributed by atoms with Gasteiger partial charge in [-0.25, -0.2) is 13.2 Å². The molecule has 2 heterocycles. The summed E-state index contributed by atoms with van der Waals surface area (Å²) in [7, 11) is -0.298.